The van der Waals surface area contributed by atoms with Crippen LogP contribution >= 0.6 is 11.3 Å². The molecule has 0 unspecified atom stereocenters. The molecule has 4 rings (SSSR count). The minimum absolute atomic E-state index is 0.126. The van der Waals surface area contributed by atoms with Crippen molar-refractivity contribution in [2.75, 3.05) is 36.5 Å². The summed E-state index contributed by atoms with van der Waals surface area (Å²) in [6.45, 7) is 2.60. The first kappa shape index (κ1) is 23.0. The maximum absolute atomic E-state index is 13.0. The van der Waals surface area contributed by atoms with Gasteiger partial charge in [0.2, 0.25) is 10.3 Å². The number of halogens is 1. The van der Waals surface area contributed by atoms with E-state index in [2.05, 4.69) is 15.5 Å². The maximum atomic E-state index is 13.0. The average molecular weight is 479 g/mol. The van der Waals surface area contributed by atoms with Gasteiger partial charge in [0.15, 0.2) is 0 Å². The van der Waals surface area contributed by atoms with Gasteiger partial charge in [-0.2, -0.15) is 5.26 Å². The predicted octanol–water partition coefficient (Wildman–Crippen LogP) is 3.28. The number of nitrogens with zero attached hydrogens (tertiary/aromatic N) is 4. The third kappa shape index (κ3) is 5.80. The van der Waals surface area contributed by atoms with Gasteiger partial charge in [0, 0.05) is 13.1 Å². The van der Waals surface area contributed by atoms with E-state index in [0.717, 1.165) is 0 Å². The molecule has 1 saturated heterocycles. The van der Waals surface area contributed by atoms with Gasteiger partial charge in [-0.05, 0) is 48.0 Å². The average Bonchev–Trinajstić information content (AvgIpc) is 3.33. The quantitative estimate of drug-likeness (QED) is 0.248. The maximum Gasteiger partial charge on any atom is 0.343 e. The summed E-state index contributed by atoms with van der Waals surface area (Å²) in [5.41, 5.74) is 0.640. The lowest BCUT2D eigenvalue weighted by Crippen LogP contribution is -2.36. The summed E-state index contributed by atoms with van der Waals surface area (Å²) in [7, 11) is 0. The summed E-state index contributed by atoms with van der Waals surface area (Å²) >= 11 is 1.22. The Kier molecular flexibility index (Phi) is 7.22. The predicted molar refractivity (Wildman–Crippen MR) is 123 cm³/mol. The highest BCUT2D eigenvalue weighted by Crippen LogP contribution is 2.25. The Morgan fingerprint density at radius 2 is 1.82 bits per heavy atom. The fraction of sp³-hybridized carbons (Fsp3) is 0.174. The molecule has 2 aromatic carbocycles. The van der Waals surface area contributed by atoms with E-state index in [9.17, 15) is 19.2 Å². The van der Waals surface area contributed by atoms with E-state index in [1.165, 1.54) is 53.8 Å². The van der Waals surface area contributed by atoms with Crippen LogP contribution in [-0.2, 0) is 9.53 Å². The molecule has 1 aromatic heterocycles. The summed E-state index contributed by atoms with van der Waals surface area (Å²) in [4.78, 5) is 26.7. The molecule has 1 amide bonds. The standard InChI is InChI=1S/C23H18FN5O4S/c24-18-5-3-16(4-6-18)21(31)33-19-7-1-15(2-8-19)13-17(14-25)20(30)26-22-27-28-23(34-22)29-9-11-32-12-10-29/h1-8,13H,9-12H2,(H,26,27,30)/b17-13-. The van der Waals surface area contributed by atoms with Gasteiger partial charge in [0.25, 0.3) is 5.91 Å². The zero-order chi connectivity index (χ0) is 23.9. The highest BCUT2D eigenvalue weighted by Gasteiger charge is 2.18. The van der Waals surface area contributed by atoms with Gasteiger partial charge < -0.3 is 14.4 Å². The number of morpholine rings is 1. The minimum Gasteiger partial charge on any atom is -0.423 e. The number of nitrogens with one attached hydrogen (secondary N) is 1. The van der Waals surface area contributed by atoms with Crippen molar-refractivity contribution >= 4 is 39.6 Å². The van der Waals surface area contributed by atoms with Crippen molar-refractivity contribution < 1.29 is 23.5 Å². The van der Waals surface area contributed by atoms with E-state index < -0.39 is 17.7 Å². The number of carbonyl (C=O) groups is 2. The number of nitriles is 1. The molecule has 0 spiro atoms. The van der Waals surface area contributed by atoms with Gasteiger partial charge in [-0.25, -0.2) is 9.18 Å². The van der Waals surface area contributed by atoms with E-state index in [1.54, 1.807) is 12.1 Å². The Labute approximate surface area is 198 Å². The zero-order valence-electron chi connectivity index (χ0n) is 17.7. The number of rotatable bonds is 6. The number of aromatic nitrogens is 2. The van der Waals surface area contributed by atoms with Gasteiger partial charge >= 0.3 is 5.97 Å². The van der Waals surface area contributed by atoms with E-state index in [-0.39, 0.29) is 22.0 Å². The van der Waals surface area contributed by atoms with Crippen LogP contribution < -0.4 is 15.0 Å². The highest BCUT2D eigenvalue weighted by atomic mass is 32.1. The van der Waals surface area contributed by atoms with Crippen molar-refractivity contribution in [2.45, 2.75) is 0 Å². The smallest absolute Gasteiger partial charge is 0.343 e. The Morgan fingerprint density at radius 3 is 2.50 bits per heavy atom. The molecule has 1 aliphatic rings. The van der Waals surface area contributed by atoms with Gasteiger partial charge in [0.1, 0.15) is 23.2 Å². The molecule has 0 aliphatic carbocycles. The first-order valence-electron chi connectivity index (χ1n) is 10.2. The summed E-state index contributed by atoms with van der Waals surface area (Å²) in [5.74, 6) is -1.43. The first-order chi connectivity index (χ1) is 16.5. The van der Waals surface area contributed by atoms with E-state index >= 15 is 0 Å². The molecule has 2 heterocycles. The zero-order valence-corrected chi connectivity index (χ0v) is 18.5. The minimum atomic E-state index is -0.631. The van der Waals surface area contributed by atoms with Crippen molar-refractivity contribution in [1.29, 1.82) is 5.26 Å². The Bertz CT molecular complexity index is 1250. The van der Waals surface area contributed by atoms with Crippen molar-refractivity contribution in [3.63, 3.8) is 0 Å². The van der Waals surface area contributed by atoms with Crippen molar-refractivity contribution in [3.05, 3.63) is 71.0 Å². The Hall–Kier alpha value is -4.14. The van der Waals surface area contributed by atoms with Crippen LogP contribution in [-0.4, -0.2) is 48.4 Å². The van der Waals surface area contributed by atoms with Gasteiger partial charge in [-0.15, -0.1) is 10.2 Å². The topological polar surface area (TPSA) is 117 Å². The molecular formula is C23H18FN5O4S. The summed E-state index contributed by atoms with van der Waals surface area (Å²) < 4.78 is 23.6. The monoisotopic (exact) mass is 479 g/mol. The van der Waals surface area contributed by atoms with Crippen LogP contribution in [0.5, 0.6) is 5.75 Å². The molecule has 9 nitrogen and oxygen atoms in total. The van der Waals surface area contributed by atoms with Crippen LogP contribution in [0.2, 0.25) is 0 Å². The molecule has 1 aliphatic heterocycles. The summed E-state index contributed by atoms with van der Waals surface area (Å²) in [6.07, 6.45) is 1.41. The van der Waals surface area contributed by atoms with E-state index in [0.29, 0.717) is 37.0 Å². The largest absolute Gasteiger partial charge is 0.423 e. The lowest BCUT2D eigenvalue weighted by Gasteiger charge is -2.25. The molecule has 1 N–H and O–H groups in total. The van der Waals surface area contributed by atoms with Crippen LogP contribution in [0.3, 0.4) is 0 Å². The SMILES string of the molecule is N#C/C(=C/c1ccc(OC(=O)c2ccc(F)cc2)cc1)C(=O)Nc1nnc(N2CCOCC2)s1. The second kappa shape index (κ2) is 10.7. The number of benzene rings is 2. The molecule has 34 heavy (non-hydrogen) atoms. The van der Waals surface area contributed by atoms with Crippen LogP contribution in [0.4, 0.5) is 14.7 Å². The molecule has 11 heteroatoms. The molecule has 1 fully saturated rings. The normalized spacial score (nSPS) is 13.8. The second-order valence-corrected chi connectivity index (χ2v) is 8.03. The summed E-state index contributed by atoms with van der Waals surface area (Å²) in [5, 5.41) is 21.0. The number of ether oxygens (including phenoxy) is 2. The van der Waals surface area contributed by atoms with Gasteiger partial charge in [-0.1, -0.05) is 23.5 Å². The van der Waals surface area contributed by atoms with Crippen molar-refractivity contribution in [3.8, 4) is 11.8 Å². The molecule has 0 bridgehead atoms. The molecular weight excluding hydrogens is 461 g/mol. The third-order valence-corrected chi connectivity index (χ3v) is 5.66. The second-order valence-electron chi connectivity index (χ2n) is 7.08. The van der Waals surface area contributed by atoms with Crippen molar-refractivity contribution in [2.24, 2.45) is 0 Å². The van der Waals surface area contributed by atoms with Crippen molar-refractivity contribution in [1.82, 2.24) is 10.2 Å². The molecule has 172 valence electrons. The fourth-order valence-electron chi connectivity index (χ4n) is 3.01. The third-order valence-electron chi connectivity index (χ3n) is 4.76. The van der Waals surface area contributed by atoms with Gasteiger partial charge in [-0.3, -0.25) is 10.1 Å². The first-order valence-corrected chi connectivity index (χ1v) is 11.0. The van der Waals surface area contributed by atoms with Crippen LogP contribution in [0.15, 0.2) is 54.1 Å². The molecule has 0 radical (unpaired) electrons. The highest BCUT2D eigenvalue weighted by molar-refractivity contribution is 7.19. The molecule has 0 atom stereocenters. The lowest BCUT2D eigenvalue weighted by molar-refractivity contribution is -0.112. The molecule has 3 aromatic rings. The number of hydrogen-bond donors (Lipinski definition) is 1. The number of esters is 1. The fourth-order valence-corrected chi connectivity index (χ4v) is 3.80. The van der Waals surface area contributed by atoms with Crippen LogP contribution in [0.25, 0.3) is 6.08 Å². The van der Waals surface area contributed by atoms with Crippen LogP contribution in [0.1, 0.15) is 15.9 Å². The number of carbonyl (C=O) groups excluding carboxylic acids is 2. The summed E-state index contributed by atoms with van der Waals surface area (Å²) in [6, 6.07) is 13.1. The van der Waals surface area contributed by atoms with E-state index in [4.69, 9.17) is 9.47 Å². The Morgan fingerprint density at radius 1 is 1.12 bits per heavy atom. The van der Waals surface area contributed by atoms with E-state index in [1.807, 2.05) is 11.0 Å². The lowest BCUT2D eigenvalue weighted by atomic mass is 10.1. The number of anilines is 2. The van der Waals surface area contributed by atoms with Crippen LogP contribution in [0, 0.1) is 17.1 Å². The number of hydrogen-bond acceptors (Lipinski definition) is 9. The molecule has 0 saturated carbocycles. The Balaban J connectivity index is 1.38. The van der Waals surface area contributed by atoms with Gasteiger partial charge in [0.05, 0.1) is 18.8 Å². The number of amides is 1.